The van der Waals surface area contributed by atoms with Crippen molar-refractivity contribution in [3.8, 4) is 0 Å². The molecule has 4 aliphatic rings. The molecule has 14 unspecified atom stereocenters. The summed E-state index contributed by atoms with van der Waals surface area (Å²) in [5.74, 6) is -1.77. The number of carbonyl (C=O) groups is 1. The molecular formula is C26H35I2N10O19P3-2. The average molecular weight is 1140 g/mol. The van der Waals surface area contributed by atoms with Crippen LogP contribution < -0.4 is 74.1 Å². The van der Waals surface area contributed by atoms with E-state index < -0.39 is 140 Å². The third kappa shape index (κ3) is 8.46. The Morgan fingerprint density at radius 2 is 1.63 bits per heavy atom. The fraction of sp³-hybridized carbons (Fsp3) is 0.538. The third-order valence-electron chi connectivity index (χ3n) is 9.64. The van der Waals surface area contributed by atoms with Gasteiger partial charge in [0.25, 0.3) is 5.56 Å². The number of aliphatic hydroxyl groups is 4. The second-order valence-corrected chi connectivity index (χ2v) is 23.6. The van der Waals surface area contributed by atoms with E-state index in [9.17, 15) is 63.2 Å². The molecule has 2 saturated heterocycles. The van der Waals surface area contributed by atoms with Crippen LogP contribution in [0.15, 0.2) is 28.7 Å². The van der Waals surface area contributed by atoms with E-state index in [0.717, 1.165) is 0 Å². The number of aromatic nitrogens is 6. The van der Waals surface area contributed by atoms with Gasteiger partial charge in [-0.15, -0.1) is 0 Å². The Balaban J connectivity index is 0.966. The maximum absolute atomic E-state index is 12.9. The van der Waals surface area contributed by atoms with E-state index in [0.29, 0.717) is 6.29 Å². The number of nitrogens with one attached hydrogen (secondary N) is 3. The van der Waals surface area contributed by atoms with Crippen molar-refractivity contribution >= 4 is 64.3 Å². The quantitative estimate of drug-likeness (QED) is 0.0208. The topological polar surface area (TPSA) is 442 Å². The van der Waals surface area contributed by atoms with Gasteiger partial charge in [-0.25, -0.2) is 4.98 Å². The van der Waals surface area contributed by atoms with E-state index in [1.165, 1.54) is 27.3 Å². The second kappa shape index (κ2) is 16.2. The van der Waals surface area contributed by atoms with Crippen LogP contribution in [0.25, 0.3) is 11.2 Å². The summed E-state index contributed by atoms with van der Waals surface area (Å²) in [7, 11) is -16.1. The number of aromatic amines is 2. The van der Waals surface area contributed by atoms with Crippen LogP contribution in [0.1, 0.15) is 18.9 Å². The van der Waals surface area contributed by atoms with E-state index in [1.807, 2.05) is 0 Å². The Morgan fingerprint density at radius 1 is 0.983 bits per heavy atom. The van der Waals surface area contributed by atoms with Crippen LogP contribution in [-0.2, 0) is 44.0 Å². The van der Waals surface area contributed by atoms with Crippen molar-refractivity contribution in [2.24, 2.45) is 5.92 Å². The summed E-state index contributed by atoms with van der Waals surface area (Å²) in [5, 5.41) is 45.6. The number of nitrogen functional groups attached to an aromatic ring is 2. The fourth-order valence-electron chi connectivity index (χ4n) is 6.88. The molecule has 3 aromatic rings. The molecule has 14 N–H and O–H groups in total. The molecular weight excluding hydrogens is 1100 g/mol. The predicted molar refractivity (Wildman–Crippen MR) is 189 cm³/mol. The molecule has 0 radical (unpaired) electrons. The number of phosphoric acid groups is 3. The number of carbonyl (C=O) groups excluding carboxylic acids is 1. The number of phosphoric ester groups is 1. The van der Waals surface area contributed by atoms with E-state index in [-0.39, 0.29) is 47.4 Å². The molecule has 2 aliphatic heterocycles. The van der Waals surface area contributed by atoms with Gasteiger partial charge < -0.3 is 15.1 Å². The van der Waals surface area contributed by atoms with Crippen LogP contribution >= 0.6 is 23.5 Å². The SMILES string of the molecule is C=CN([I-]C1OC([I-]OP(=O)(O)OP(=O)(O)OP(=O)(O)OC2CC23OC2(CC2n2cnc4c(=O)[nH]c(N)nc42)C(C=O)C3O)C(O)C(O)C1O)c1nc(N)[nH]c(=O)c1NC. The number of fused-ring (bicyclic) bond motifs is 1. The summed E-state index contributed by atoms with van der Waals surface area (Å²) < 4.78 is 68.2. The minimum atomic E-state index is -6.05. The molecule has 29 nitrogen and oxygen atoms in total. The Labute approximate surface area is 355 Å². The van der Waals surface area contributed by atoms with Crippen molar-refractivity contribution in [3.05, 3.63) is 39.8 Å². The number of alkyl halides is 2. The Hall–Kier alpha value is -2.53. The molecule has 4 fully saturated rings. The van der Waals surface area contributed by atoms with Crippen molar-refractivity contribution in [1.29, 1.82) is 0 Å². The van der Waals surface area contributed by atoms with Gasteiger partial charge in [-0.1, -0.05) is 0 Å². The van der Waals surface area contributed by atoms with Gasteiger partial charge in [-0.05, 0) is 0 Å². The number of H-pyrrole nitrogens is 2. The van der Waals surface area contributed by atoms with Gasteiger partial charge >= 0.3 is 294 Å². The third-order valence-corrected chi connectivity index (χ3v) is 20.5. The molecule has 60 heavy (non-hydrogen) atoms. The first-order valence-corrected chi connectivity index (χ1v) is 25.6. The van der Waals surface area contributed by atoms with Crippen LogP contribution in [0, 0.1) is 5.92 Å². The molecule has 7 rings (SSSR count). The van der Waals surface area contributed by atoms with E-state index in [4.69, 9.17) is 28.3 Å². The number of aliphatic hydroxyl groups excluding tert-OH is 4. The summed E-state index contributed by atoms with van der Waals surface area (Å²) in [5.41, 5.74) is 6.77. The molecule has 3 aromatic heterocycles. The maximum atomic E-state index is 12.9. The van der Waals surface area contributed by atoms with Gasteiger partial charge in [-0.2, -0.15) is 4.98 Å². The van der Waals surface area contributed by atoms with Crippen molar-refractivity contribution in [2.75, 3.05) is 26.9 Å². The first-order valence-electron chi connectivity index (χ1n) is 16.8. The first kappa shape index (κ1) is 45.5. The summed E-state index contributed by atoms with van der Waals surface area (Å²) in [6, 6.07) is -0.723. The molecule has 2 aliphatic carbocycles. The normalized spacial score (nSPS) is 35.2. The molecule has 34 heteroatoms. The number of halogens is 2. The first-order chi connectivity index (χ1) is 28.0. The summed E-state index contributed by atoms with van der Waals surface area (Å²) in [6.45, 7) is 3.65. The van der Waals surface area contributed by atoms with Gasteiger partial charge in [0.15, 0.2) is 11.2 Å². The number of rotatable bonds is 16. The zero-order chi connectivity index (χ0) is 43.9. The molecule has 5 heterocycles. The number of nitrogens with two attached hydrogens (primary N) is 2. The van der Waals surface area contributed by atoms with Gasteiger partial charge in [0.1, 0.15) is 0 Å². The van der Waals surface area contributed by atoms with Gasteiger partial charge in [0.2, 0.25) is 5.95 Å². The van der Waals surface area contributed by atoms with Crippen LogP contribution in [0.5, 0.6) is 0 Å². The van der Waals surface area contributed by atoms with Gasteiger partial charge in [0.05, 0.1) is 6.33 Å². The summed E-state index contributed by atoms with van der Waals surface area (Å²) in [4.78, 5) is 84.5. The number of hydrogen-bond acceptors (Lipinski definition) is 23. The molecule has 0 aromatic carbocycles. The monoisotopic (exact) mass is 1140 g/mol. The predicted octanol–water partition coefficient (Wildman–Crippen LogP) is -9.40. The molecule has 2 spiro atoms. The molecule has 334 valence electrons. The number of hydrogen-bond donors (Lipinski definition) is 12. The summed E-state index contributed by atoms with van der Waals surface area (Å²) in [6.07, 6.45) is -6.14. The zero-order valence-electron chi connectivity index (χ0n) is 30.1. The Bertz CT molecular complexity index is 2480. The average Bonchev–Trinajstić information content (AvgIpc) is 3.94. The molecule has 2 saturated carbocycles. The van der Waals surface area contributed by atoms with Crippen LogP contribution in [0.4, 0.5) is 23.4 Å². The summed E-state index contributed by atoms with van der Waals surface area (Å²) >= 11 is -4.12. The second-order valence-electron chi connectivity index (χ2n) is 13.4. The standard InChI is InChI=1S/C26H35I2N10O19P3/c1-3-38(20-11(31-2)21(44)35-24(30)34-20)27-17-14(41)13(40)15(42)18(52-17)28-55-59(48,49)57-60(50,51)56-58(46,47)53-10-5-26(10)16(43)8(6-39)25(54-26)4-9(25)37-7-32-12-19(37)33-23(29)36-22(12)45/h3,6-10,13-18,31,40-43H,1,4-5H2,2H3,(H,46,47)(H,48,49)(H,50,51)(H3,29,33,36,45)(H3,30,34,35,44)/q-2. The van der Waals surface area contributed by atoms with Gasteiger partial charge in [0, 0.05) is 0 Å². The van der Waals surface area contributed by atoms with Gasteiger partial charge in [-0.3, -0.25) is 9.78 Å². The number of aldehydes is 1. The minimum absolute atomic E-state index is 0.0322. The number of ether oxygens (including phenoxy) is 2. The zero-order valence-corrected chi connectivity index (χ0v) is 37.1. The van der Waals surface area contributed by atoms with E-state index >= 15 is 0 Å². The van der Waals surface area contributed by atoms with Crippen molar-refractivity contribution in [1.82, 2.24) is 29.5 Å². The Morgan fingerprint density at radius 3 is 2.30 bits per heavy atom. The number of nitrogens with zero attached hydrogens (tertiary/aromatic N) is 5. The molecule has 0 bridgehead atoms. The van der Waals surface area contributed by atoms with Crippen LogP contribution in [-0.4, -0.2) is 128 Å². The van der Waals surface area contributed by atoms with Crippen LogP contribution in [0.3, 0.4) is 0 Å². The number of anilines is 4. The van der Waals surface area contributed by atoms with Crippen molar-refractivity contribution < 1.29 is 122 Å². The molecule has 0 amide bonds. The molecule has 14 atom stereocenters. The van der Waals surface area contributed by atoms with E-state index in [1.54, 1.807) is 0 Å². The Kier molecular flexibility index (Phi) is 12.3. The van der Waals surface area contributed by atoms with Crippen molar-refractivity contribution in [3.63, 3.8) is 0 Å². The van der Waals surface area contributed by atoms with Crippen molar-refractivity contribution in [2.45, 2.75) is 68.8 Å². The fourth-order valence-corrected chi connectivity index (χ4v) is 16.9. The van der Waals surface area contributed by atoms with Crippen LogP contribution in [0.2, 0.25) is 0 Å². The number of imidazole rings is 1. The van der Waals surface area contributed by atoms with E-state index in [2.05, 4.69) is 45.4 Å².